The van der Waals surface area contributed by atoms with Crippen LogP contribution in [0.2, 0.25) is 0 Å². The zero-order chi connectivity index (χ0) is 17.1. The lowest BCUT2D eigenvalue weighted by Gasteiger charge is -2.07. The van der Waals surface area contributed by atoms with Gasteiger partial charge in [-0.25, -0.2) is 0 Å². The molecule has 0 heterocycles. The Morgan fingerprint density at radius 1 is 0.360 bits per heavy atom. The van der Waals surface area contributed by atoms with Crippen LogP contribution in [-0.2, 0) is 0 Å². The van der Waals surface area contributed by atoms with Crippen LogP contribution in [0.5, 0.6) is 0 Å². The van der Waals surface area contributed by atoms with E-state index in [0.717, 1.165) is 11.3 Å². The minimum absolute atomic E-state index is 0.790. The van der Waals surface area contributed by atoms with Crippen LogP contribution in [0.3, 0.4) is 0 Å². The summed E-state index contributed by atoms with van der Waals surface area (Å²) in [6.07, 6.45) is 0. The number of benzene rings is 4. The van der Waals surface area contributed by atoms with Crippen LogP contribution in [0.4, 0.5) is 5.69 Å². The van der Waals surface area contributed by atoms with Gasteiger partial charge in [0.1, 0.15) is 0 Å². The standard InChI is InChI=1S/C24H19N/c25-24-8-4-7-23(17-24)22-15-13-21(14-16-22)20-11-9-19(10-12-20)18-5-2-1-3-6-18/h1-17H,25H2. The van der Waals surface area contributed by atoms with Gasteiger partial charge in [0.2, 0.25) is 0 Å². The summed E-state index contributed by atoms with van der Waals surface area (Å²) < 4.78 is 0. The van der Waals surface area contributed by atoms with Gasteiger partial charge in [0.25, 0.3) is 0 Å². The molecule has 1 nitrogen and oxygen atoms in total. The molecule has 0 aliphatic rings. The van der Waals surface area contributed by atoms with Crippen molar-refractivity contribution in [2.24, 2.45) is 0 Å². The molecule has 0 amide bonds. The van der Waals surface area contributed by atoms with Crippen LogP contribution in [0.15, 0.2) is 103 Å². The monoisotopic (exact) mass is 321 g/mol. The van der Waals surface area contributed by atoms with Crippen molar-refractivity contribution in [1.29, 1.82) is 0 Å². The van der Waals surface area contributed by atoms with Crippen LogP contribution >= 0.6 is 0 Å². The molecule has 1 heteroatoms. The highest BCUT2D eigenvalue weighted by Crippen LogP contribution is 2.28. The van der Waals surface area contributed by atoms with Crippen LogP contribution in [0.25, 0.3) is 33.4 Å². The topological polar surface area (TPSA) is 26.0 Å². The van der Waals surface area contributed by atoms with E-state index in [1.807, 2.05) is 24.3 Å². The molecule has 4 aromatic rings. The van der Waals surface area contributed by atoms with Crippen molar-refractivity contribution in [3.8, 4) is 33.4 Å². The average Bonchev–Trinajstić information content (AvgIpc) is 2.69. The molecule has 4 rings (SSSR count). The normalized spacial score (nSPS) is 10.6. The number of nitrogens with two attached hydrogens (primary N) is 1. The quantitative estimate of drug-likeness (QED) is 0.442. The lowest BCUT2D eigenvalue weighted by Crippen LogP contribution is -1.85. The Morgan fingerprint density at radius 2 is 0.760 bits per heavy atom. The molecule has 0 radical (unpaired) electrons. The molecule has 0 saturated carbocycles. The Bertz CT molecular complexity index is 968. The van der Waals surface area contributed by atoms with Gasteiger partial charge in [-0.15, -0.1) is 0 Å². The molecular weight excluding hydrogens is 302 g/mol. The highest BCUT2D eigenvalue weighted by molar-refractivity contribution is 5.74. The molecule has 120 valence electrons. The first-order chi connectivity index (χ1) is 12.3. The maximum Gasteiger partial charge on any atom is 0.0320 e. The minimum Gasteiger partial charge on any atom is -0.399 e. The summed E-state index contributed by atoms with van der Waals surface area (Å²) in [4.78, 5) is 0. The van der Waals surface area contributed by atoms with Gasteiger partial charge in [-0.1, -0.05) is 91.0 Å². The van der Waals surface area contributed by atoms with E-state index in [4.69, 9.17) is 5.73 Å². The Labute approximate surface area is 148 Å². The van der Waals surface area contributed by atoms with Gasteiger partial charge in [-0.3, -0.25) is 0 Å². The molecule has 0 aromatic heterocycles. The molecule has 25 heavy (non-hydrogen) atoms. The van der Waals surface area contributed by atoms with E-state index in [1.165, 1.54) is 27.8 Å². The molecule has 0 fully saturated rings. The van der Waals surface area contributed by atoms with Crippen molar-refractivity contribution in [2.75, 3.05) is 5.73 Å². The van der Waals surface area contributed by atoms with Crippen LogP contribution in [0, 0.1) is 0 Å². The second kappa shape index (κ2) is 6.66. The molecule has 0 bridgehead atoms. The Balaban J connectivity index is 1.60. The molecule has 0 aliphatic heterocycles. The molecule has 4 aromatic carbocycles. The van der Waals surface area contributed by atoms with E-state index in [-0.39, 0.29) is 0 Å². The van der Waals surface area contributed by atoms with Crippen molar-refractivity contribution in [3.63, 3.8) is 0 Å². The summed E-state index contributed by atoms with van der Waals surface area (Å²) in [6, 6.07) is 35.8. The molecule has 2 N–H and O–H groups in total. The number of rotatable bonds is 3. The summed E-state index contributed by atoms with van der Waals surface area (Å²) >= 11 is 0. The largest absolute Gasteiger partial charge is 0.399 e. The van der Waals surface area contributed by atoms with Crippen molar-refractivity contribution < 1.29 is 0 Å². The number of hydrogen-bond acceptors (Lipinski definition) is 1. The fraction of sp³-hybridized carbons (Fsp3) is 0. The number of hydrogen-bond donors (Lipinski definition) is 1. The first-order valence-corrected chi connectivity index (χ1v) is 8.41. The predicted octanol–water partition coefficient (Wildman–Crippen LogP) is 6.27. The lowest BCUT2D eigenvalue weighted by molar-refractivity contribution is 1.57. The van der Waals surface area contributed by atoms with E-state index >= 15 is 0 Å². The molecule has 0 aliphatic carbocycles. The molecule has 0 spiro atoms. The Kier molecular flexibility index (Phi) is 4.05. The fourth-order valence-electron chi connectivity index (χ4n) is 3.06. The van der Waals surface area contributed by atoms with E-state index in [9.17, 15) is 0 Å². The highest BCUT2D eigenvalue weighted by atomic mass is 14.5. The first-order valence-electron chi connectivity index (χ1n) is 8.41. The van der Waals surface area contributed by atoms with Crippen molar-refractivity contribution in [2.45, 2.75) is 0 Å². The predicted molar refractivity (Wildman–Crippen MR) is 107 cm³/mol. The summed E-state index contributed by atoms with van der Waals surface area (Å²) in [5.74, 6) is 0. The van der Waals surface area contributed by atoms with E-state index in [1.54, 1.807) is 0 Å². The van der Waals surface area contributed by atoms with E-state index < -0.39 is 0 Å². The summed E-state index contributed by atoms with van der Waals surface area (Å²) in [7, 11) is 0. The van der Waals surface area contributed by atoms with Gasteiger partial charge in [-0.05, 0) is 45.5 Å². The zero-order valence-corrected chi connectivity index (χ0v) is 13.9. The molecule has 0 unspecified atom stereocenters. The summed E-state index contributed by atoms with van der Waals surface area (Å²) in [5.41, 5.74) is 13.9. The van der Waals surface area contributed by atoms with Gasteiger partial charge in [0, 0.05) is 5.69 Å². The lowest BCUT2D eigenvalue weighted by atomic mass is 9.98. The molecule has 0 saturated heterocycles. The minimum atomic E-state index is 0.790. The first kappa shape index (κ1) is 15.2. The molecular formula is C24H19N. The Hall–Kier alpha value is -3.32. The van der Waals surface area contributed by atoms with Crippen molar-refractivity contribution in [1.82, 2.24) is 0 Å². The van der Waals surface area contributed by atoms with Gasteiger partial charge < -0.3 is 5.73 Å². The third-order valence-corrected chi connectivity index (χ3v) is 4.43. The van der Waals surface area contributed by atoms with Gasteiger partial charge in [-0.2, -0.15) is 0 Å². The van der Waals surface area contributed by atoms with Crippen LogP contribution in [-0.4, -0.2) is 0 Å². The van der Waals surface area contributed by atoms with Crippen LogP contribution < -0.4 is 5.73 Å². The number of nitrogen functional groups attached to an aromatic ring is 1. The van der Waals surface area contributed by atoms with Gasteiger partial charge >= 0.3 is 0 Å². The average molecular weight is 321 g/mol. The summed E-state index contributed by atoms with van der Waals surface area (Å²) in [5, 5.41) is 0. The fourth-order valence-corrected chi connectivity index (χ4v) is 3.06. The maximum absolute atomic E-state index is 5.88. The third kappa shape index (κ3) is 3.31. The second-order valence-electron chi connectivity index (χ2n) is 6.15. The highest BCUT2D eigenvalue weighted by Gasteiger charge is 2.02. The van der Waals surface area contributed by atoms with E-state index in [0.29, 0.717) is 0 Å². The summed E-state index contributed by atoms with van der Waals surface area (Å²) in [6.45, 7) is 0. The van der Waals surface area contributed by atoms with Crippen molar-refractivity contribution in [3.05, 3.63) is 103 Å². The number of anilines is 1. The van der Waals surface area contributed by atoms with Crippen molar-refractivity contribution >= 4 is 5.69 Å². The maximum atomic E-state index is 5.88. The smallest absolute Gasteiger partial charge is 0.0320 e. The van der Waals surface area contributed by atoms with Gasteiger partial charge in [0.05, 0.1) is 0 Å². The van der Waals surface area contributed by atoms with Gasteiger partial charge in [0.15, 0.2) is 0 Å². The third-order valence-electron chi connectivity index (χ3n) is 4.43. The Morgan fingerprint density at radius 3 is 1.24 bits per heavy atom. The zero-order valence-electron chi connectivity index (χ0n) is 13.9. The SMILES string of the molecule is Nc1cccc(-c2ccc(-c3ccc(-c4ccccc4)cc3)cc2)c1. The van der Waals surface area contributed by atoms with E-state index in [2.05, 4.69) is 78.9 Å². The molecule has 0 atom stereocenters. The van der Waals surface area contributed by atoms with Crippen LogP contribution in [0.1, 0.15) is 0 Å². The second-order valence-corrected chi connectivity index (χ2v) is 6.15.